The summed E-state index contributed by atoms with van der Waals surface area (Å²) in [6.07, 6.45) is 3.88. The van der Waals surface area contributed by atoms with E-state index in [2.05, 4.69) is 12.2 Å². The molecule has 1 aromatic rings. The van der Waals surface area contributed by atoms with Gasteiger partial charge in [0, 0.05) is 24.4 Å². The number of aryl methyl sites for hydroxylation is 1. The highest BCUT2D eigenvalue weighted by Crippen LogP contribution is 2.36. The van der Waals surface area contributed by atoms with Crippen LogP contribution >= 0.6 is 11.3 Å². The standard InChI is InChI=1S/C12H20N2OS/c1-8(15-3)12-14-11-9(7-13-2)5-4-6-10(11)16-12/h8-9,13H,4-7H2,1-3H3. The minimum absolute atomic E-state index is 0.130. The van der Waals surface area contributed by atoms with E-state index in [4.69, 9.17) is 9.72 Å². The van der Waals surface area contributed by atoms with Gasteiger partial charge in [-0.3, -0.25) is 0 Å². The molecule has 0 amide bonds. The lowest BCUT2D eigenvalue weighted by Gasteiger charge is -2.20. The number of nitrogens with zero attached hydrogens (tertiary/aromatic N) is 1. The quantitative estimate of drug-likeness (QED) is 0.878. The van der Waals surface area contributed by atoms with E-state index in [0.29, 0.717) is 5.92 Å². The third kappa shape index (κ3) is 2.29. The van der Waals surface area contributed by atoms with Crippen molar-refractivity contribution >= 4 is 11.3 Å². The van der Waals surface area contributed by atoms with Crippen LogP contribution in [-0.4, -0.2) is 25.7 Å². The number of fused-ring (bicyclic) bond motifs is 1. The number of aromatic nitrogens is 1. The highest BCUT2D eigenvalue weighted by Gasteiger charge is 2.25. The molecule has 0 saturated heterocycles. The largest absolute Gasteiger partial charge is 0.375 e. The first-order chi connectivity index (χ1) is 7.76. The number of hydrogen-bond acceptors (Lipinski definition) is 4. The summed E-state index contributed by atoms with van der Waals surface area (Å²) in [5.74, 6) is 0.600. The number of rotatable bonds is 4. The van der Waals surface area contributed by atoms with Crippen LogP contribution < -0.4 is 5.32 Å². The summed E-state index contributed by atoms with van der Waals surface area (Å²) in [5, 5.41) is 4.40. The molecule has 1 N–H and O–H groups in total. The number of hydrogen-bond donors (Lipinski definition) is 1. The van der Waals surface area contributed by atoms with E-state index in [-0.39, 0.29) is 6.10 Å². The van der Waals surface area contributed by atoms with Crippen molar-refractivity contribution in [3.8, 4) is 0 Å². The topological polar surface area (TPSA) is 34.1 Å². The monoisotopic (exact) mass is 240 g/mol. The van der Waals surface area contributed by atoms with Crippen LogP contribution in [0.3, 0.4) is 0 Å². The Kier molecular flexibility index (Phi) is 3.95. The maximum absolute atomic E-state index is 5.34. The second kappa shape index (κ2) is 5.25. The van der Waals surface area contributed by atoms with Gasteiger partial charge in [0.25, 0.3) is 0 Å². The van der Waals surface area contributed by atoms with E-state index in [1.165, 1.54) is 29.8 Å². The lowest BCUT2D eigenvalue weighted by Crippen LogP contribution is -2.21. The van der Waals surface area contributed by atoms with Gasteiger partial charge in [-0.15, -0.1) is 11.3 Å². The molecular weight excluding hydrogens is 220 g/mol. The van der Waals surface area contributed by atoms with Gasteiger partial charge in [-0.1, -0.05) is 0 Å². The molecule has 0 aliphatic heterocycles. The van der Waals surface area contributed by atoms with E-state index < -0.39 is 0 Å². The Bertz CT molecular complexity index is 351. The molecule has 1 heterocycles. The lowest BCUT2D eigenvalue weighted by atomic mass is 9.91. The van der Waals surface area contributed by atoms with Gasteiger partial charge in [-0.05, 0) is 33.2 Å². The molecule has 2 atom stereocenters. The number of ether oxygens (including phenoxy) is 1. The Balaban J connectivity index is 2.23. The molecule has 2 rings (SSSR count). The van der Waals surface area contributed by atoms with E-state index in [1.54, 1.807) is 7.11 Å². The summed E-state index contributed by atoms with van der Waals surface area (Å²) in [6.45, 7) is 3.11. The molecule has 0 spiro atoms. The Labute approximate surface area is 101 Å². The molecule has 3 nitrogen and oxygen atoms in total. The Morgan fingerprint density at radius 1 is 1.62 bits per heavy atom. The van der Waals surface area contributed by atoms with Gasteiger partial charge >= 0.3 is 0 Å². The molecule has 0 radical (unpaired) electrons. The van der Waals surface area contributed by atoms with E-state index in [1.807, 2.05) is 18.4 Å². The van der Waals surface area contributed by atoms with E-state index in [0.717, 1.165) is 11.6 Å². The van der Waals surface area contributed by atoms with Crippen molar-refractivity contribution in [3.63, 3.8) is 0 Å². The third-order valence-corrected chi connectivity index (χ3v) is 4.53. The summed E-state index contributed by atoms with van der Waals surface area (Å²) >= 11 is 1.83. The summed E-state index contributed by atoms with van der Waals surface area (Å²) in [7, 11) is 3.76. The van der Waals surface area contributed by atoms with E-state index >= 15 is 0 Å². The maximum Gasteiger partial charge on any atom is 0.122 e. The third-order valence-electron chi connectivity index (χ3n) is 3.24. The van der Waals surface area contributed by atoms with Crippen molar-refractivity contribution in [1.29, 1.82) is 0 Å². The van der Waals surface area contributed by atoms with Gasteiger partial charge in [0.05, 0.1) is 5.69 Å². The lowest BCUT2D eigenvalue weighted by molar-refractivity contribution is 0.119. The van der Waals surface area contributed by atoms with Crippen molar-refractivity contribution in [3.05, 3.63) is 15.6 Å². The van der Waals surface area contributed by atoms with Gasteiger partial charge in [-0.2, -0.15) is 0 Å². The van der Waals surface area contributed by atoms with Gasteiger partial charge in [0.2, 0.25) is 0 Å². The zero-order valence-electron chi connectivity index (χ0n) is 10.2. The fraction of sp³-hybridized carbons (Fsp3) is 0.750. The molecule has 4 heteroatoms. The summed E-state index contributed by atoms with van der Waals surface area (Å²) in [4.78, 5) is 6.25. The first kappa shape index (κ1) is 12.0. The SMILES string of the molecule is CNCC1CCCc2sc(C(C)OC)nc21. The fourth-order valence-electron chi connectivity index (χ4n) is 2.25. The molecule has 0 saturated carbocycles. The number of methoxy groups -OCH3 is 1. The predicted octanol–water partition coefficient (Wildman–Crippen LogP) is 2.49. The second-order valence-electron chi connectivity index (χ2n) is 4.39. The van der Waals surface area contributed by atoms with Crippen LogP contribution in [0.25, 0.3) is 0 Å². The first-order valence-electron chi connectivity index (χ1n) is 5.93. The van der Waals surface area contributed by atoms with Crippen LogP contribution in [-0.2, 0) is 11.2 Å². The van der Waals surface area contributed by atoms with Crippen LogP contribution in [0.5, 0.6) is 0 Å². The van der Waals surface area contributed by atoms with Crippen molar-refractivity contribution in [1.82, 2.24) is 10.3 Å². The molecular formula is C12H20N2OS. The molecule has 0 aromatic carbocycles. The highest BCUT2D eigenvalue weighted by atomic mass is 32.1. The Morgan fingerprint density at radius 3 is 3.12 bits per heavy atom. The van der Waals surface area contributed by atoms with Crippen LogP contribution in [0, 0.1) is 0 Å². The molecule has 2 unspecified atom stereocenters. The minimum Gasteiger partial charge on any atom is -0.375 e. The molecule has 0 fully saturated rings. The summed E-state index contributed by atoms with van der Waals surface area (Å²) in [5.41, 5.74) is 1.32. The molecule has 1 aromatic heterocycles. The first-order valence-corrected chi connectivity index (χ1v) is 6.74. The number of nitrogens with one attached hydrogen (secondary N) is 1. The highest BCUT2D eigenvalue weighted by molar-refractivity contribution is 7.11. The summed E-state index contributed by atoms with van der Waals surface area (Å²) in [6, 6.07) is 0. The van der Waals surface area contributed by atoms with Gasteiger partial charge in [-0.25, -0.2) is 4.98 Å². The van der Waals surface area contributed by atoms with Gasteiger partial charge in [0.1, 0.15) is 11.1 Å². The normalized spacial score (nSPS) is 21.8. The average molecular weight is 240 g/mol. The average Bonchev–Trinajstić information content (AvgIpc) is 2.73. The molecule has 90 valence electrons. The predicted molar refractivity (Wildman–Crippen MR) is 67.1 cm³/mol. The molecule has 0 bridgehead atoms. The van der Waals surface area contributed by atoms with Crippen molar-refractivity contribution in [2.75, 3.05) is 20.7 Å². The molecule has 1 aliphatic rings. The van der Waals surface area contributed by atoms with Gasteiger partial charge < -0.3 is 10.1 Å². The minimum atomic E-state index is 0.130. The number of likely N-dealkylation sites (N-methyl/N-ethyl adjacent to an activating group) is 1. The molecule has 16 heavy (non-hydrogen) atoms. The Hall–Kier alpha value is -0.450. The smallest absolute Gasteiger partial charge is 0.122 e. The van der Waals surface area contributed by atoms with Crippen molar-refractivity contribution in [2.24, 2.45) is 0 Å². The van der Waals surface area contributed by atoms with Crippen LogP contribution in [0.2, 0.25) is 0 Å². The summed E-state index contributed by atoms with van der Waals surface area (Å²) < 4.78 is 5.34. The zero-order chi connectivity index (χ0) is 11.5. The molecule has 1 aliphatic carbocycles. The maximum atomic E-state index is 5.34. The van der Waals surface area contributed by atoms with Crippen molar-refractivity contribution < 1.29 is 4.74 Å². The van der Waals surface area contributed by atoms with Crippen LogP contribution in [0.15, 0.2) is 0 Å². The van der Waals surface area contributed by atoms with Gasteiger partial charge in [0.15, 0.2) is 0 Å². The van der Waals surface area contributed by atoms with Crippen LogP contribution in [0.4, 0.5) is 0 Å². The Morgan fingerprint density at radius 2 is 2.44 bits per heavy atom. The zero-order valence-corrected chi connectivity index (χ0v) is 11.1. The van der Waals surface area contributed by atoms with E-state index in [9.17, 15) is 0 Å². The van der Waals surface area contributed by atoms with Crippen LogP contribution in [0.1, 0.15) is 47.4 Å². The van der Waals surface area contributed by atoms with Crippen molar-refractivity contribution in [2.45, 2.75) is 38.2 Å². The number of thiazole rings is 1. The second-order valence-corrected chi connectivity index (χ2v) is 5.50. The fourth-order valence-corrected chi connectivity index (χ4v) is 3.47.